The molecule has 0 spiro atoms. The number of nitrogens with zero attached hydrogens (tertiary/aromatic N) is 2. The highest BCUT2D eigenvalue weighted by molar-refractivity contribution is 7.99. The number of amides is 1. The lowest BCUT2D eigenvalue weighted by molar-refractivity contribution is -0.116. The number of rotatable bonds is 3. The Morgan fingerprint density at radius 2 is 1.89 bits per heavy atom. The van der Waals surface area contributed by atoms with Gasteiger partial charge in [0.1, 0.15) is 0 Å². The summed E-state index contributed by atoms with van der Waals surface area (Å²) in [6.07, 6.45) is 0.823. The molecule has 1 amide bonds. The molecule has 0 saturated carbocycles. The first kappa shape index (κ1) is 18.5. The summed E-state index contributed by atoms with van der Waals surface area (Å²) in [7, 11) is -3.58. The number of anilines is 1. The van der Waals surface area contributed by atoms with Crippen molar-refractivity contribution in [3.8, 4) is 0 Å². The SMILES string of the molecule is CC(=O)N1CCSc2ccc(S(=O)(=O)N3CCC(c4ccccc4)C3)cc21. The second-order valence-corrected chi connectivity index (χ2v) is 9.98. The van der Waals surface area contributed by atoms with Gasteiger partial charge in [-0.15, -0.1) is 11.8 Å². The van der Waals surface area contributed by atoms with E-state index in [0.717, 1.165) is 17.1 Å². The molecule has 2 aliphatic heterocycles. The summed E-state index contributed by atoms with van der Waals surface area (Å²) in [5.41, 5.74) is 1.89. The minimum atomic E-state index is -3.58. The van der Waals surface area contributed by atoms with Crippen LogP contribution in [0.3, 0.4) is 0 Å². The van der Waals surface area contributed by atoms with Crippen molar-refractivity contribution in [2.24, 2.45) is 0 Å². The summed E-state index contributed by atoms with van der Waals surface area (Å²) in [5, 5.41) is 0. The minimum Gasteiger partial charge on any atom is -0.311 e. The fourth-order valence-electron chi connectivity index (χ4n) is 3.78. The molecule has 0 N–H and O–H groups in total. The number of carbonyl (C=O) groups excluding carboxylic acids is 1. The van der Waals surface area contributed by atoms with Crippen LogP contribution in [0.15, 0.2) is 58.3 Å². The number of hydrogen-bond donors (Lipinski definition) is 0. The molecule has 142 valence electrons. The van der Waals surface area contributed by atoms with Crippen molar-refractivity contribution in [1.82, 2.24) is 4.31 Å². The van der Waals surface area contributed by atoms with Crippen LogP contribution in [0.4, 0.5) is 5.69 Å². The summed E-state index contributed by atoms with van der Waals surface area (Å²) >= 11 is 1.66. The molecule has 27 heavy (non-hydrogen) atoms. The van der Waals surface area contributed by atoms with Crippen LogP contribution >= 0.6 is 11.8 Å². The van der Waals surface area contributed by atoms with Crippen LogP contribution in [-0.2, 0) is 14.8 Å². The van der Waals surface area contributed by atoms with E-state index < -0.39 is 10.0 Å². The molecular weight excluding hydrogens is 380 g/mol. The predicted molar refractivity (Wildman–Crippen MR) is 108 cm³/mol. The van der Waals surface area contributed by atoms with Gasteiger partial charge in [-0.25, -0.2) is 8.42 Å². The molecule has 1 atom stereocenters. The molecule has 7 heteroatoms. The van der Waals surface area contributed by atoms with Gasteiger partial charge in [-0.2, -0.15) is 4.31 Å². The standard InChI is InChI=1S/C20H22N2O3S2/c1-15(23)22-11-12-26-20-8-7-18(13-19(20)22)27(24,25)21-10-9-17(14-21)16-5-3-2-4-6-16/h2-8,13,17H,9-12,14H2,1H3. The highest BCUT2D eigenvalue weighted by Crippen LogP contribution is 2.38. The Labute approximate surface area is 164 Å². The van der Waals surface area contributed by atoms with Crippen LogP contribution < -0.4 is 4.90 Å². The van der Waals surface area contributed by atoms with E-state index in [-0.39, 0.29) is 16.7 Å². The van der Waals surface area contributed by atoms with E-state index in [1.54, 1.807) is 33.1 Å². The van der Waals surface area contributed by atoms with Crippen molar-refractivity contribution in [2.75, 3.05) is 30.3 Å². The van der Waals surface area contributed by atoms with Crippen molar-refractivity contribution in [2.45, 2.75) is 29.1 Å². The molecule has 2 aromatic rings. The third-order valence-corrected chi connectivity index (χ3v) is 8.14. The van der Waals surface area contributed by atoms with Crippen LogP contribution in [0.2, 0.25) is 0 Å². The van der Waals surface area contributed by atoms with E-state index in [0.29, 0.717) is 25.3 Å². The van der Waals surface area contributed by atoms with E-state index in [2.05, 4.69) is 12.1 Å². The van der Waals surface area contributed by atoms with E-state index >= 15 is 0 Å². The quantitative estimate of drug-likeness (QED) is 0.790. The monoisotopic (exact) mass is 402 g/mol. The first-order valence-electron chi connectivity index (χ1n) is 9.07. The number of benzene rings is 2. The number of thioether (sulfide) groups is 1. The number of hydrogen-bond acceptors (Lipinski definition) is 4. The topological polar surface area (TPSA) is 57.7 Å². The van der Waals surface area contributed by atoms with Gasteiger partial charge in [-0.1, -0.05) is 30.3 Å². The lowest BCUT2D eigenvalue weighted by atomic mass is 9.99. The summed E-state index contributed by atoms with van der Waals surface area (Å²) in [6.45, 7) is 3.14. The van der Waals surface area contributed by atoms with E-state index in [9.17, 15) is 13.2 Å². The maximum absolute atomic E-state index is 13.2. The van der Waals surface area contributed by atoms with E-state index in [1.807, 2.05) is 24.3 Å². The molecule has 1 unspecified atom stereocenters. The summed E-state index contributed by atoms with van der Waals surface area (Å²) in [5.74, 6) is 0.989. The molecule has 0 bridgehead atoms. The zero-order valence-electron chi connectivity index (χ0n) is 15.2. The fraction of sp³-hybridized carbons (Fsp3) is 0.350. The van der Waals surface area contributed by atoms with Gasteiger partial charge in [0, 0.05) is 37.2 Å². The second kappa shape index (κ2) is 7.30. The van der Waals surface area contributed by atoms with Crippen molar-refractivity contribution < 1.29 is 13.2 Å². The molecule has 0 radical (unpaired) electrons. The van der Waals surface area contributed by atoms with Crippen molar-refractivity contribution >= 4 is 33.4 Å². The first-order valence-corrected chi connectivity index (χ1v) is 11.5. The minimum absolute atomic E-state index is 0.0589. The third-order valence-electron chi connectivity index (χ3n) is 5.23. The first-order chi connectivity index (χ1) is 13.0. The van der Waals surface area contributed by atoms with Gasteiger partial charge < -0.3 is 4.90 Å². The average Bonchev–Trinajstić information content (AvgIpc) is 3.19. The Morgan fingerprint density at radius 1 is 1.11 bits per heavy atom. The van der Waals surface area contributed by atoms with Gasteiger partial charge in [-0.05, 0) is 36.1 Å². The Hall–Kier alpha value is -1.83. The molecule has 5 nitrogen and oxygen atoms in total. The average molecular weight is 403 g/mol. The Morgan fingerprint density at radius 3 is 2.63 bits per heavy atom. The molecule has 4 rings (SSSR count). The molecule has 0 aromatic heterocycles. The van der Waals surface area contributed by atoms with Crippen molar-refractivity contribution in [1.29, 1.82) is 0 Å². The molecule has 1 saturated heterocycles. The summed E-state index contributed by atoms with van der Waals surface area (Å²) in [4.78, 5) is 14.8. The molecule has 1 fully saturated rings. The van der Waals surface area contributed by atoms with Crippen LogP contribution in [0.25, 0.3) is 0 Å². The maximum Gasteiger partial charge on any atom is 0.243 e. The van der Waals surface area contributed by atoms with Crippen molar-refractivity contribution in [3.63, 3.8) is 0 Å². The number of fused-ring (bicyclic) bond motifs is 1. The van der Waals surface area contributed by atoms with Gasteiger partial charge >= 0.3 is 0 Å². The summed E-state index contributed by atoms with van der Waals surface area (Å²) < 4.78 is 27.9. The Kier molecular flexibility index (Phi) is 5.01. The third kappa shape index (κ3) is 3.51. The zero-order chi connectivity index (χ0) is 19.0. The lowest BCUT2D eigenvalue weighted by Gasteiger charge is -2.29. The maximum atomic E-state index is 13.2. The van der Waals surface area contributed by atoms with Crippen LogP contribution in [0.5, 0.6) is 0 Å². The van der Waals surface area contributed by atoms with E-state index in [4.69, 9.17) is 0 Å². The molecule has 2 aromatic carbocycles. The second-order valence-electron chi connectivity index (χ2n) is 6.91. The lowest BCUT2D eigenvalue weighted by Crippen LogP contribution is -2.34. The molecule has 0 aliphatic carbocycles. The summed E-state index contributed by atoms with van der Waals surface area (Å²) in [6, 6.07) is 15.2. The Balaban J connectivity index is 1.61. The van der Waals surface area contributed by atoms with Crippen LogP contribution in [0.1, 0.15) is 24.8 Å². The molecular formula is C20H22N2O3S2. The van der Waals surface area contributed by atoms with Gasteiger partial charge in [0.2, 0.25) is 15.9 Å². The van der Waals surface area contributed by atoms with E-state index in [1.165, 1.54) is 12.5 Å². The van der Waals surface area contributed by atoms with Gasteiger partial charge in [0.05, 0.1) is 10.6 Å². The van der Waals surface area contributed by atoms with Crippen LogP contribution in [-0.4, -0.2) is 44.0 Å². The van der Waals surface area contributed by atoms with Crippen LogP contribution in [0, 0.1) is 0 Å². The van der Waals surface area contributed by atoms with Gasteiger partial charge in [0.25, 0.3) is 0 Å². The number of carbonyl (C=O) groups is 1. The largest absolute Gasteiger partial charge is 0.311 e. The van der Waals surface area contributed by atoms with Crippen molar-refractivity contribution in [3.05, 3.63) is 54.1 Å². The smallest absolute Gasteiger partial charge is 0.243 e. The van der Waals surface area contributed by atoms with Gasteiger partial charge in [0.15, 0.2) is 0 Å². The predicted octanol–water partition coefficient (Wildman–Crippen LogP) is 3.32. The molecule has 2 heterocycles. The van der Waals surface area contributed by atoms with Gasteiger partial charge in [-0.3, -0.25) is 4.79 Å². The zero-order valence-corrected chi connectivity index (χ0v) is 16.8. The highest BCUT2D eigenvalue weighted by atomic mass is 32.2. The normalized spacial score (nSPS) is 20.5. The Bertz CT molecular complexity index is 960. The highest BCUT2D eigenvalue weighted by Gasteiger charge is 2.34. The number of sulfonamides is 1. The fourth-order valence-corrected chi connectivity index (χ4v) is 6.27. The molecule has 2 aliphatic rings.